The SMILES string of the molecule is CCCC(C)CCCCC(=O)Oc1cc(C(C)(C)C)c(O)c(C(C)(C)C)c1. The molecule has 3 nitrogen and oxygen atoms in total. The molecule has 0 aliphatic carbocycles. The molecule has 154 valence electrons. The number of phenols is 1. The van der Waals surface area contributed by atoms with Crippen LogP contribution in [0.3, 0.4) is 0 Å². The first kappa shape index (κ1) is 23.5. The Labute approximate surface area is 166 Å². The van der Waals surface area contributed by atoms with Crippen molar-refractivity contribution < 1.29 is 14.6 Å². The van der Waals surface area contributed by atoms with Crippen LogP contribution in [-0.2, 0) is 15.6 Å². The fourth-order valence-corrected chi connectivity index (χ4v) is 3.39. The largest absolute Gasteiger partial charge is 0.507 e. The molecule has 0 bridgehead atoms. The molecule has 0 heterocycles. The maximum absolute atomic E-state index is 12.3. The zero-order valence-corrected chi connectivity index (χ0v) is 18.7. The number of hydrogen-bond donors (Lipinski definition) is 1. The van der Waals surface area contributed by atoms with Crippen LogP contribution < -0.4 is 4.74 Å². The number of hydrogen-bond acceptors (Lipinski definition) is 3. The lowest BCUT2D eigenvalue weighted by molar-refractivity contribution is -0.134. The van der Waals surface area contributed by atoms with E-state index in [9.17, 15) is 9.90 Å². The van der Waals surface area contributed by atoms with Crippen LogP contribution in [0.1, 0.15) is 105 Å². The minimum atomic E-state index is -0.234. The number of esters is 1. The van der Waals surface area contributed by atoms with Crippen LogP contribution in [0.4, 0.5) is 0 Å². The fraction of sp³-hybridized carbons (Fsp3) is 0.708. The Bertz CT molecular complexity index is 582. The molecule has 0 radical (unpaired) electrons. The normalized spacial score (nSPS) is 13.5. The van der Waals surface area contributed by atoms with Crippen LogP contribution >= 0.6 is 0 Å². The quantitative estimate of drug-likeness (QED) is 0.305. The highest BCUT2D eigenvalue weighted by Gasteiger charge is 2.27. The minimum Gasteiger partial charge on any atom is -0.507 e. The summed E-state index contributed by atoms with van der Waals surface area (Å²) in [4.78, 5) is 12.3. The summed E-state index contributed by atoms with van der Waals surface area (Å²) in [6.45, 7) is 16.8. The second kappa shape index (κ2) is 9.61. The second-order valence-electron chi connectivity index (χ2n) is 9.98. The number of rotatable bonds is 8. The summed E-state index contributed by atoms with van der Waals surface area (Å²) in [6, 6.07) is 3.62. The Morgan fingerprint density at radius 1 is 1.00 bits per heavy atom. The number of ether oxygens (including phenoxy) is 1. The van der Waals surface area contributed by atoms with E-state index in [1.54, 1.807) is 0 Å². The van der Waals surface area contributed by atoms with Crippen molar-refractivity contribution in [2.24, 2.45) is 5.92 Å². The van der Waals surface area contributed by atoms with Crippen LogP contribution in [0.2, 0.25) is 0 Å². The molecule has 27 heavy (non-hydrogen) atoms. The highest BCUT2D eigenvalue weighted by molar-refractivity contribution is 5.72. The Morgan fingerprint density at radius 2 is 1.52 bits per heavy atom. The van der Waals surface area contributed by atoms with Gasteiger partial charge in [-0.25, -0.2) is 0 Å². The molecule has 0 spiro atoms. The molecule has 0 fully saturated rings. The van der Waals surface area contributed by atoms with Crippen molar-refractivity contribution in [1.29, 1.82) is 0 Å². The van der Waals surface area contributed by atoms with E-state index in [0.29, 0.717) is 17.9 Å². The molecule has 0 saturated heterocycles. The molecular formula is C24H40O3. The predicted octanol–water partition coefficient (Wildman–Crippen LogP) is 6.89. The standard InChI is InChI=1S/C24H40O3/c1-9-12-17(2)13-10-11-14-21(25)27-18-15-19(23(3,4)5)22(26)20(16-18)24(6,7)8/h15-17,26H,9-14H2,1-8H3. The van der Waals surface area contributed by atoms with Gasteiger partial charge in [0.1, 0.15) is 11.5 Å². The number of aromatic hydroxyl groups is 1. The number of benzene rings is 1. The summed E-state index contributed by atoms with van der Waals surface area (Å²) in [6.07, 6.45) is 6.01. The molecule has 0 aliphatic heterocycles. The maximum Gasteiger partial charge on any atom is 0.311 e. The van der Waals surface area contributed by atoms with Gasteiger partial charge in [0.25, 0.3) is 0 Å². The number of unbranched alkanes of at least 4 members (excludes halogenated alkanes) is 1. The molecule has 1 aromatic carbocycles. The highest BCUT2D eigenvalue weighted by atomic mass is 16.5. The van der Waals surface area contributed by atoms with Gasteiger partial charge < -0.3 is 9.84 Å². The zero-order chi connectivity index (χ0) is 20.8. The van der Waals surface area contributed by atoms with E-state index in [4.69, 9.17) is 4.74 Å². The summed E-state index contributed by atoms with van der Waals surface area (Å²) in [5.74, 6) is 1.38. The van der Waals surface area contributed by atoms with E-state index < -0.39 is 0 Å². The number of carbonyl (C=O) groups is 1. The van der Waals surface area contributed by atoms with Crippen molar-refractivity contribution in [2.75, 3.05) is 0 Å². The van der Waals surface area contributed by atoms with Gasteiger partial charge in [-0.1, -0.05) is 81.1 Å². The van der Waals surface area contributed by atoms with E-state index in [1.165, 1.54) is 19.3 Å². The van der Waals surface area contributed by atoms with Gasteiger partial charge >= 0.3 is 5.97 Å². The Morgan fingerprint density at radius 3 is 1.96 bits per heavy atom. The lowest BCUT2D eigenvalue weighted by Crippen LogP contribution is -2.18. The van der Waals surface area contributed by atoms with Gasteiger partial charge in [-0.15, -0.1) is 0 Å². The van der Waals surface area contributed by atoms with Crippen LogP contribution in [0.15, 0.2) is 12.1 Å². The van der Waals surface area contributed by atoms with Gasteiger partial charge in [0.15, 0.2) is 0 Å². The molecular weight excluding hydrogens is 336 g/mol. The average Bonchev–Trinajstić information content (AvgIpc) is 2.51. The summed E-state index contributed by atoms with van der Waals surface area (Å²) in [5.41, 5.74) is 1.15. The van der Waals surface area contributed by atoms with Crippen LogP contribution in [0.5, 0.6) is 11.5 Å². The molecule has 1 rings (SSSR count). The summed E-state index contributed by atoms with van der Waals surface area (Å²) in [7, 11) is 0. The van der Waals surface area contributed by atoms with E-state index >= 15 is 0 Å². The van der Waals surface area contributed by atoms with E-state index in [-0.39, 0.29) is 16.8 Å². The van der Waals surface area contributed by atoms with Gasteiger partial charge in [0, 0.05) is 17.5 Å². The monoisotopic (exact) mass is 376 g/mol. The van der Waals surface area contributed by atoms with Crippen molar-refractivity contribution >= 4 is 5.97 Å². The predicted molar refractivity (Wildman–Crippen MR) is 114 cm³/mol. The van der Waals surface area contributed by atoms with Gasteiger partial charge in [0.2, 0.25) is 0 Å². The molecule has 1 atom stereocenters. The molecule has 0 aliphatic rings. The first-order valence-electron chi connectivity index (χ1n) is 10.4. The molecule has 0 aromatic heterocycles. The van der Waals surface area contributed by atoms with E-state index in [1.807, 2.05) is 12.1 Å². The van der Waals surface area contributed by atoms with Crippen molar-refractivity contribution in [2.45, 2.75) is 105 Å². The highest BCUT2D eigenvalue weighted by Crippen LogP contribution is 2.41. The Balaban J connectivity index is 2.83. The van der Waals surface area contributed by atoms with Crippen LogP contribution in [-0.4, -0.2) is 11.1 Å². The molecule has 1 unspecified atom stereocenters. The Kier molecular flexibility index (Phi) is 8.38. The topological polar surface area (TPSA) is 46.5 Å². The summed E-state index contributed by atoms with van der Waals surface area (Å²) >= 11 is 0. The summed E-state index contributed by atoms with van der Waals surface area (Å²) in [5, 5.41) is 10.7. The van der Waals surface area contributed by atoms with Crippen molar-refractivity contribution in [3.05, 3.63) is 23.3 Å². The minimum absolute atomic E-state index is 0.191. The van der Waals surface area contributed by atoms with Crippen LogP contribution in [0.25, 0.3) is 0 Å². The van der Waals surface area contributed by atoms with Crippen molar-refractivity contribution in [1.82, 2.24) is 0 Å². The maximum atomic E-state index is 12.3. The van der Waals surface area contributed by atoms with Gasteiger partial charge in [-0.05, 0) is 35.3 Å². The zero-order valence-electron chi connectivity index (χ0n) is 18.7. The third kappa shape index (κ3) is 7.56. The molecule has 1 aromatic rings. The van der Waals surface area contributed by atoms with Gasteiger partial charge in [-0.2, -0.15) is 0 Å². The third-order valence-corrected chi connectivity index (χ3v) is 5.04. The second-order valence-corrected chi connectivity index (χ2v) is 9.98. The van der Waals surface area contributed by atoms with Crippen molar-refractivity contribution in [3.63, 3.8) is 0 Å². The van der Waals surface area contributed by atoms with E-state index in [0.717, 1.165) is 29.9 Å². The van der Waals surface area contributed by atoms with E-state index in [2.05, 4.69) is 55.4 Å². The van der Waals surface area contributed by atoms with Crippen LogP contribution in [0, 0.1) is 5.92 Å². The smallest absolute Gasteiger partial charge is 0.311 e. The molecule has 3 heteroatoms. The average molecular weight is 377 g/mol. The first-order valence-corrected chi connectivity index (χ1v) is 10.4. The lowest BCUT2D eigenvalue weighted by atomic mass is 9.79. The molecule has 0 amide bonds. The van der Waals surface area contributed by atoms with Gasteiger partial charge in [-0.3, -0.25) is 4.79 Å². The summed E-state index contributed by atoms with van der Waals surface area (Å²) < 4.78 is 5.65. The number of phenolic OH excluding ortho intramolecular Hbond substituents is 1. The third-order valence-electron chi connectivity index (χ3n) is 5.04. The fourth-order valence-electron chi connectivity index (χ4n) is 3.39. The number of carbonyl (C=O) groups excluding carboxylic acids is 1. The Hall–Kier alpha value is -1.51. The molecule has 0 saturated carbocycles. The first-order chi connectivity index (χ1) is 12.4. The lowest BCUT2D eigenvalue weighted by Gasteiger charge is -2.27. The molecule has 1 N–H and O–H groups in total. The van der Waals surface area contributed by atoms with Crippen molar-refractivity contribution in [3.8, 4) is 11.5 Å². The van der Waals surface area contributed by atoms with Gasteiger partial charge in [0.05, 0.1) is 0 Å².